The van der Waals surface area contributed by atoms with Crippen LogP contribution in [0.3, 0.4) is 0 Å². The van der Waals surface area contributed by atoms with E-state index >= 15 is 0 Å². The van der Waals surface area contributed by atoms with Gasteiger partial charge in [0.1, 0.15) is 30.2 Å². The number of anilines is 1. The molecule has 4 atom stereocenters. The Balaban J connectivity index is 1.82. The molecule has 160 valence electrons. The third-order valence-electron chi connectivity index (χ3n) is 5.21. The molecular weight excluding hydrogens is 407 g/mol. The first-order chi connectivity index (χ1) is 14.2. The minimum Gasteiger partial charge on any atom is -0.394 e. The van der Waals surface area contributed by atoms with Crippen molar-refractivity contribution in [1.29, 1.82) is 0 Å². The number of benzene rings is 1. The molecule has 0 saturated carbocycles. The van der Waals surface area contributed by atoms with Gasteiger partial charge >= 0.3 is 6.18 Å². The number of nitrogen functional groups attached to an aromatic ring is 1. The second-order valence-electron chi connectivity index (χ2n) is 7.04. The van der Waals surface area contributed by atoms with Crippen LogP contribution in [0.2, 0.25) is 0 Å². The number of nitrogens with zero attached hydrogens (tertiary/aromatic N) is 4. The predicted octanol–water partition coefficient (Wildman–Crippen LogP) is 0.436. The molecule has 9 nitrogen and oxygen atoms in total. The summed E-state index contributed by atoms with van der Waals surface area (Å²) in [5.41, 5.74) is 4.08. The van der Waals surface area contributed by atoms with E-state index in [1.54, 1.807) is 0 Å². The SMILES string of the molecule is Nc1ncnc2c1ncn2[C@]1(Cc2ccc(C(F)(F)F)cc2)O[C@H](CO)[C@@H](O)[C@H]1O. The molecule has 1 aliphatic rings. The van der Waals surface area contributed by atoms with Crippen LogP contribution in [0.25, 0.3) is 11.2 Å². The lowest BCUT2D eigenvalue weighted by molar-refractivity contribution is -0.145. The van der Waals surface area contributed by atoms with Gasteiger partial charge in [-0.1, -0.05) is 12.1 Å². The number of ether oxygens (including phenoxy) is 1. The number of hydrogen-bond acceptors (Lipinski definition) is 8. The highest BCUT2D eigenvalue weighted by atomic mass is 19.4. The van der Waals surface area contributed by atoms with Gasteiger partial charge in [-0.2, -0.15) is 13.2 Å². The third kappa shape index (κ3) is 3.17. The maximum absolute atomic E-state index is 12.9. The van der Waals surface area contributed by atoms with Crippen LogP contribution in [0.15, 0.2) is 36.9 Å². The van der Waals surface area contributed by atoms with E-state index in [1.807, 2.05) is 0 Å². The second-order valence-corrected chi connectivity index (χ2v) is 7.04. The molecule has 3 heterocycles. The fourth-order valence-corrected chi connectivity index (χ4v) is 3.68. The quantitative estimate of drug-likeness (QED) is 0.472. The molecule has 0 aliphatic carbocycles. The number of aliphatic hydroxyl groups is 3. The van der Waals surface area contributed by atoms with Crippen molar-refractivity contribution in [2.24, 2.45) is 0 Å². The fraction of sp³-hybridized carbons (Fsp3) is 0.389. The Bertz CT molecular complexity index is 1060. The number of alkyl halides is 3. The van der Waals surface area contributed by atoms with Gasteiger partial charge in [0.15, 0.2) is 17.2 Å². The summed E-state index contributed by atoms with van der Waals surface area (Å²) in [6.07, 6.45) is -6.31. The molecule has 0 unspecified atom stereocenters. The molecule has 1 saturated heterocycles. The average Bonchev–Trinajstić information content (AvgIpc) is 3.24. The Kier molecular flexibility index (Phi) is 4.89. The summed E-state index contributed by atoms with van der Waals surface area (Å²) in [7, 11) is 0. The highest BCUT2D eigenvalue weighted by Gasteiger charge is 2.56. The largest absolute Gasteiger partial charge is 0.416 e. The fourth-order valence-electron chi connectivity index (χ4n) is 3.68. The summed E-state index contributed by atoms with van der Waals surface area (Å²) in [6.45, 7) is -0.587. The lowest BCUT2D eigenvalue weighted by Gasteiger charge is -2.34. The minimum absolute atomic E-state index is 0.0789. The van der Waals surface area contributed by atoms with Crippen LogP contribution in [0.5, 0.6) is 0 Å². The smallest absolute Gasteiger partial charge is 0.394 e. The first kappa shape index (κ1) is 20.5. The van der Waals surface area contributed by atoms with Gasteiger partial charge in [-0.05, 0) is 17.7 Å². The van der Waals surface area contributed by atoms with Gasteiger partial charge in [-0.25, -0.2) is 15.0 Å². The number of hydrogen-bond donors (Lipinski definition) is 4. The van der Waals surface area contributed by atoms with Crippen molar-refractivity contribution in [2.45, 2.75) is 36.6 Å². The van der Waals surface area contributed by atoms with Crippen LogP contribution >= 0.6 is 0 Å². The van der Waals surface area contributed by atoms with Gasteiger partial charge in [0, 0.05) is 6.42 Å². The lowest BCUT2D eigenvalue weighted by atomic mass is 9.94. The predicted molar refractivity (Wildman–Crippen MR) is 96.8 cm³/mol. The van der Waals surface area contributed by atoms with Crippen LogP contribution in [-0.2, 0) is 23.1 Å². The highest BCUT2D eigenvalue weighted by Crippen LogP contribution is 2.40. The summed E-state index contributed by atoms with van der Waals surface area (Å²) >= 11 is 0. The van der Waals surface area contributed by atoms with Crippen molar-refractivity contribution >= 4 is 17.0 Å². The number of aromatic nitrogens is 4. The van der Waals surface area contributed by atoms with E-state index < -0.39 is 42.4 Å². The Morgan fingerprint density at radius 3 is 2.43 bits per heavy atom. The molecular formula is C18H18F3N5O4. The van der Waals surface area contributed by atoms with Crippen LogP contribution < -0.4 is 5.73 Å². The molecule has 3 aromatic rings. The van der Waals surface area contributed by atoms with Crippen LogP contribution in [0.1, 0.15) is 11.1 Å². The zero-order valence-electron chi connectivity index (χ0n) is 15.4. The molecule has 0 bridgehead atoms. The molecule has 1 fully saturated rings. The van der Waals surface area contributed by atoms with E-state index in [-0.39, 0.29) is 23.4 Å². The van der Waals surface area contributed by atoms with E-state index in [2.05, 4.69) is 15.0 Å². The molecule has 12 heteroatoms. The monoisotopic (exact) mass is 425 g/mol. The maximum Gasteiger partial charge on any atom is 0.416 e. The number of nitrogens with two attached hydrogens (primary N) is 1. The number of rotatable bonds is 4. The van der Waals surface area contributed by atoms with Gasteiger partial charge in [-0.3, -0.25) is 4.57 Å². The number of imidazole rings is 1. The van der Waals surface area contributed by atoms with Gasteiger partial charge in [0.25, 0.3) is 0 Å². The molecule has 0 spiro atoms. The molecule has 1 aliphatic heterocycles. The first-order valence-corrected chi connectivity index (χ1v) is 8.92. The van der Waals surface area contributed by atoms with E-state index in [0.29, 0.717) is 5.56 Å². The van der Waals surface area contributed by atoms with Crippen LogP contribution in [-0.4, -0.2) is 59.8 Å². The standard InChI is InChI=1S/C18H18F3N5O4/c19-18(20,21)10-3-1-9(2-4-10)5-17(14(29)13(28)11(6-27)30-17)26-8-25-12-15(22)23-7-24-16(12)26/h1-4,7-8,11,13-14,27-29H,5-6H2,(H2,22,23,24)/t11-,13-,14-,17-/m1/s1. The van der Waals surface area contributed by atoms with Crippen molar-refractivity contribution < 1.29 is 33.2 Å². The Labute approximate surface area is 167 Å². The molecule has 4 rings (SSSR count). The summed E-state index contributed by atoms with van der Waals surface area (Å²) in [6, 6.07) is 4.33. The lowest BCUT2D eigenvalue weighted by Crippen LogP contribution is -2.47. The minimum atomic E-state index is -4.49. The topological polar surface area (TPSA) is 140 Å². The zero-order valence-corrected chi connectivity index (χ0v) is 15.4. The summed E-state index contributed by atoms with van der Waals surface area (Å²) in [5.74, 6) is 0.0789. The van der Waals surface area contributed by atoms with E-state index in [1.165, 1.54) is 29.4 Å². The zero-order chi connectivity index (χ0) is 21.7. The van der Waals surface area contributed by atoms with E-state index in [0.717, 1.165) is 12.1 Å². The van der Waals surface area contributed by atoms with Crippen molar-refractivity contribution in [3.8, 4) is 0 Å². The van der Waals surface area contributed by atoms with Crippen molar-refractivity contribution in [3.05, 3.63) is 48.0 Å². The Morgan fingerprint density at radius 1 is 1.13 bits per heavy atom. The number of halogens is 3. The number of fused-ring (bicyclic) bond motifs is 1. The van der Waals surface area contributed by atoms with Gasteiger partial charge in [-0.15, -0.1) is 0 Å². The second kappa shape index (κ2) is 7.16. The van der Waals surface area contributed by atoms with Crippen molar-refractivity contribution in [3.63, 3.8) is 0 Å². The summed E-state index contributed by atoms with van der Waals surface area (Å²) < 4.78 is 45.9. The molecule has 30 heavy (non-hydrogen) atoms. The van der Waals surface area contributed by atoms with Gasteiger partial charge < -0.3 is 25.8 Å². The van der Waals surface area contributed by atoms with Gasteiger partial charge in [0.05, 0.1) is 18.5 Å². The van der Waals surface area contributed by atoms with E-state index in [4.69, 9.17) is 10.5 Å². The van der Waals surface area contributed by atoms with E-state index in [9.17, 15) is 28.5 Å². The van der Waals surface area contributed by atoms with Gasteiger partial charge in [0.2, 0.25) is 0 Å². The summed E-state index contributed by atoms with van der Waals surface area (Å²) in [5, 5.41) is 30.8. The summed E-state index contributed by atoms with van der Waals surface area (Å²) in [4.78, 5) is 12.1. The van der Waals surface area contributed by atoms with Crippen molar-refractivity contribution in [1.82, 2.24) is 19.5 Å². The average molecular weight is 425 g/mol. The molecule has 0 radical (unpaired) electrons. The molecule has 1 aromatic carbocycles. The molecule has 0 amide bonds. The first-order valence-electron chi connectivity index (χ1n) is 8.92. The van der Waals surface area contributed by atoms with Crippen LogP contribution in [0.4, 0.5) is 19.0 Å². The Morgan fingerprint density at radius 2 is 1.83 bits per heavy atom. The molecule has 2 aromatic heterocycles. The van der Waals surface area contributed by atoms with Crippen LogP contribution in [0, 0.1) is 0 Å². The third-order valence-corrected chi connectivity index (χ3v) is 5.21. The maximum atomic E-state index is 12.9. The van der Waals surface area contributed by atoms with Crippen molar-refractivity contribution in [2.75, 3.05) is 12.3 Å². The number of aliphatic hydroxyl groups excluding tert-OH is 3. The Hall–Kier alpha value is -2.80. The highest BCUT2D eigenvalue weighted by molar-refractivity contribution is 5.81. The normalized spacial score (nSPS) is 27.1. The molecule has 5 N–H and O–H groups in total.